The number of rotatable bonds is 2. The summed E-state index contributed by atoms with van der Waals surface area (Å²) in [6.07, 6.45) is 5.94. The van der Waals surface area contributed by atoms with E-state index in [1.54, 1.807) is 5.51 Å². The zero-order valence-corrected chi connectivity index (χ0v) is 14.4. The van der Waals surface area contributed by atoms with Gasteiger partial charge in [-0.2, -0.15) is 0 Å². The van der Waals surface area contributed by atoms with E-state index in [4.69, 9.17) is 4.74 Å². The van der Waals surface area contributed by atoms with E-state index in [1.165, 1.54) is 30.7 Å². The summed E-state index contributed by atoms with van der Waals surface area (Å²) in [5, 5.41) is 1.87. The average Bonchev–Trinajstić information content (AvgIpc) is 3.26. The Labute approximate surface area is 141 Å². The number of nitrogens with zero attached hydrogens (tertiary/aromatic N) is 3. The first-order valence-corrected chi connectivity index (χ1v) is 9.69. The molecular formula is C17H25N3O2S. The van der Waals surface area contributed by atoms with Gasteiger partial charge in [0.1, 0.15) is 5.69 Å². The van der Waals surface area contributed by atoms with Crippen LogP contribution in [0.1, 0.15) is 42.6 Å². The van der Waals surface area contributed by atoms with E-state index in [1.807, 2.05) is 10.3 Å². The van der Waals surface area contributed by atoms with E-state index in [2.05, 4.69) is 9.88 Å². The largest absolute Gasteiger partial charge is 0.381 e. The molecule has 0 saturated carbocycles. The van der Waals surface area contributed by atoms with Crippen LogP contribution in [0.15, 0.2) is 10.9 Å². The average molecular weight is 335 g/mol. The second-order valence-electron chi connectivity index (χ2n) is 7.27. The van der Waals surface area contributed by atoms with Gasteiger partial charge in [0.15, 0.2) is 0 Å². The predicted molar refractivity (Wildman–Crippen MR) is 89.7 cm³/mol. The van der Waals surface area contributed by atoms with Gasteiger partial charge in [-0.05, 0) is 38.6 Å². The standard InChI is InChI=1S/C17H25N3O2S/c21-16(15-10-23-13-18-15)20-6-1-4-17(12-20)5-7-19(11-17)14-2-8-22-9-3-14/h10,13-14H,1-9,11-12H2/t17-/m1/s1. The van der Waals surface area contributed by atoms with Crippen molar-refractivity contribution in [1.29, 1.82) is 0 Å². The van der Waals surface area contributed by atoms with E-state index in [0.29, 0.717) is 17.2 Å². The molecule has 4 heterocycles. The molecule has 3 aliphatic rings. The minimum absolute atomic E-state index is 0.120. The van der Waals surface area contributed by atoms with Gasteiger partial charge < -0.3 is 9.64 Å². The molecule has 0 radical (unpaired) electrons. The quantitative estimate of drug-likeness (QED) is 0.832. The number of piperidine rings is 1. The van der Waals surface area contributed by atoms with E-state index in [-0.39, 0.29) is 5.91 Å². The van der Waals surface area contributed by atoms with Crippen LogP contribution in [0.3, 0.4) is 0 Å². The van der Waals surface area contributed by atoms with Crippen molar-refractivity contribution in [2.75, 3.05) is 39.4 Å². The van der Waals surface area contributed by atoms with Crippen molar-refractivity contribution < 1.29 is 9.53 Å². The first-order valence-electron chi connectivity index (χ1n) is 8.75. The van der Waals surface area contributed by atoms with Crippen molar-refractivity contribution in [1.82, 2.24) is 14.8 Å². The van der Waals surface area contributed by atoms with Crippen molar-refractivity contribution in [3.8, 4) is 0 Å². The molecule has 0 unspecified atom stereocenters. The molecule has 0 bridgehead atoms. The van der Waals surface area contributed by atoms with Crippen molar-refractivity contribution in [3.63, 3.8) is 0 Å². The molecule has 0 N–H and O–H groups in total. The van der Waals surface area contributed by atoms with Gasteiger partial charge in [-0.1, -0.05) is 0 Å². The molecule has 1 atom stereocenters. The number of ether oxygens (including phenoxy) is 1. The van der Waals surface area contributed by atoms with Crippen LogP contribution in [-0.2, 0) is 4.74 Å². The van der Waals surface area contributed by atoms with Crippen LogP contribution in [0.2, 0.25) is 0 Å². The van der Waals surface area contributed by atoms with E-state index >= 15 is 0 Å². The van der Waals surface area contributed by atoms with E-state index in [0.717, 1.165) is 52.1 Å². The Bertz CT molecular complexity index is 544. The molecule has 3 saturated heterocycles. The number of thiazole rings is 1. The van der Waals surface area contributed by atoms with Crippen LogP contribution in [0.5, 0.6) is 0 Å². The van der Waals surface area contributed by atoms with Gasteiger partial charge in [0, 0.05) is 49.7 Å². The SMILES string of the molecule is O=C(c1cscn1)N1CCC[C@]2(CCN(C3CCOCC3)C2)C1. The Kier molecular flexibility index (Phi) is 4.39. The minimum atomic E-state index is 0.120. The molecule has 4 rings (SSSR count). The van der Waals surface area contributed by atoms with Crippen LogP contribution in [0.4, 0.5) is 0 Å². The molecule has 1 spiro atoms. The Morgan fingerprint density at radius 1 is 1.26 bits per heavy atom. The summed E-state index contributed by atoms with van der Waals surface area (Å²) in [6.45, 7) is 5.94. The molecule has 5 nitrogen and oxygen atoms in total. The lowest BCUT2D eigenvalue weighted by atomic mass is 9.79. The fraction of sp³-hybridized carbons (Fsp3) is 0.765. The number of likely N-dealkylation sites (tertiary alicyclic amines) is 2. The van der Waals surface area contributed by atoms with E-state index < -0.39 is 0 Å². The first kappa shape index (κ1) is 15.5. The van der Waals surface area contributed by atoms with Crippen molar-refractivity contribution >= 4 is 17.2 Å². The smallest absolute Gasteiger partial charge is 0.273 e. The van der Waals surface area contributed by atoms with Crippen LogP contribution in [0.25, 0.3) is 0 Å². The Balaban J connectivity index is 1.41. The highest BCUT2D eigenvalue weighted by molar-refractivity contribution is 7.07. The Morgan fingerprint density at radius 2 is 2.13 bits per heavy atom. The zero-order chi connectivity index (χ0) is 15.7. The lowest BCUT2D eigenvalue weighted by molar-refractivity contribution is 0.0296. The maximum Gasteiger partial charge on any atom is 0.273 e. The molecule has 1 aromatic heterocycles. The monoisotopic (exact) mass is 335 g/mol. The fourth-order valence-corrected chi connectivity index (χ4v) is 5.05. The van der Waals surface area contributed by atoms with Gasteiger partial charge in [0.05, 0.1) is 5.51 Å². The molecule has 3 aliphatic heterocycles. The summed E-state index contributed by atoms with van der Waals surface area (Å²) in [7, 11) is 0. The van der Waals surface area contributed by atoms with Crippen molar-refractivity contribution in [2.45, 2.75) is 38.1 Å². The van der Waals surface area contributed by atoms with Crippen LogP contribution in [0, 0.1) is 5.41 Å². The Hall–Kier alpha value is -0.980. The van der Waals surface area contributed by atoms with Gasteiger partial charge >= 0.3 is 0 Å². The van der Waals surface area contributed by atoms with Gasteiger partial charge in [0.2, 0.25) is 0 Å². The number of carbonyl (C=O) groups is 1. The predicted octanol–water partition coefficient (Wildman–Crippen LogP) is 2.25. The van der Waals surface area contributed by atoms with Gasteiger partial charge in [-0.25, -0.2) is 4.98 Å². The molecule has 126 valence electrons. The third kappa shape index (κ3) is 3.16. The maximum atomic E-state index is 12.6. The van der Waals surface area contributed by atoms with Gasteiger partial charge in [-0.3, -0.25) is 9.69 Å². The highest BCUT2D eigenvalue weighted by Crippen LogP contribution is 2.40. The lowest BCUT2D eigenvalue weighted by Crippen LogP contribution is -2.48. The zero-order valence-electron chi connectivity index (χ0n) is 13.6. The highest BCUT2D eigenvalue weighted by Gasteiger charge is 2.44. The van der Waals surface area contributed by atoms with Gasteiger partial charge in [0.25, 0.3) is 5.91 Å². The lowest BCUT2D eigenvalue weighted by Gasteiger charge is -2.41. The maximum absolute atomic E-state index is 12.6. The summed E-state index contributed by atoms with van der Waals surface area (Å²) in [5.74, 6) is 0.120. The van der Waals surface area contributed by atoms with E-state index in [9.17, 15) is 4.79 Å². The molecule has 1 aromatic rings. The number of aromatic nitrogens is 1. The third-order valence-corrected chi connectivity index (χ3v) is 6.36. The first-order chi connectivity index (χ1) is 11.3. The second kappa shape index (κ2) is 6.49. The molecular weight excluding hydrogens is 310 g/mol. The molecule has 1 amide bonds. The Morgan fingerprint density at radius 3 is 2.91 bits per heavy atom. The highest BCUT2D eigenvalue weighted by atomic mass is 32.1. The minimum Gasteiger partial charge on any atom is -0.381 e. The second-order valence-corrected chi connectivity index (χ2v) is 7.99. The number of amides is 1. The molecule has 3 fully saturated rings. The summed E-state index contributed by atoms with van der Waals surface area (Å²) < 4.78 is 5.50. The normalized spacial score (nSPS) is 30.2. The third-order valence-electron chi connectivity index (χ3n) is 5.78. The summed E-state index contributed by atoms with van der Waals surface area (Å²) in [6, 6.07) is 0.688. The summed E-state index contributed by atoms with van der Waals surface area (Å²) in [5.41, 5.74) is 2.67. The van der Waals surface area contributed by atoms with Crippen LogP contribution < -0.4 is 0 Å². The topological polar surface area (TPSA) is 45.7 Å². The summed E-state index contributed by atoms with van der Waals surface area (Å²) in [4.78, 5) is 21.5. The van der Waals surface area contributed by atoms with Crippen molar-refractivity contribution in [2.24, 2.45) is 5.41 Å². The molecule has 23 heavy (non-hydrogen) atoms. The molecule has 0 aliphatic carbocycles. The molecule has 0 aromatic carbocycles. The number of hydrogen-bond acceptors (Lipinski definition) is 5. The molecule has 6 heteroatoms. The van der Waals surface area contributed by atoms with Crippen molar-refractivity contribution in [3.05, 3.63) is 16.6 Å². The number of carbonyl (C=O) groups excluding carboxylic acids is 1. The van der Waals surface area contributed by atoms with Gasteiger partial charge in [-0.15, -0.1) is 11.3 Å². The van der Waals surface area contributed by atoms with Crippen LogP contribution in [-0.4, -0.2) is 66.1 Å². The number of hydrogen-bond donors (Lipinski definition) is 0. The fourth-order valence-electron chi connectivity index (χ4n) is 4.53. The van der Waals surface area contributed by atoms with Crippen LogP contribution >= 0.6 is 11.3 Å². The summed E-state index contributed by atoms with van der Waals surface area (Å²) >= 11 is 1.50.